The Morgan fingerprint density at radius 3 is 2.35 bits per heavy atom. The Hall–Kier alpha value is -4.46. The first-order valence-corrected chi connectivity index (χ1v) is 10.7. The Morgan fingerprint density at radius 2 is 1.71 bits per heavy atom. The van der Waals surface area contributed by atoms with Crippen LogP contribution in [-0.2, 0) is 11.3 Å². The smallest absolute Gasteiger partial charge is 0.305 e. The third-order valence-electron chi connectivity index (χ3n) is 5.47. The van der Waals surface area contributed by atoms with Gasteiger partial charge >= 0.3 is 5.97 Å². The predicted octanol–water partition coefficient (Wildman–Crippen LogP) is 3.41. The highest BCUT2D eigenvalue weighted by Gasteiger charge is 2.22. The zero-order valence-corrected chi connectivity index (χ0v) is 18.4. The third kappa shape index (κ3) is 4.66. The van der Waals surface area contributed by atoms with Crippen LogP contribution in [0.3, 0.4) is 0 Å². The number of carbonyl (C=O) groups excluding carboxylic acids is 1. The average Bonchev–Trinajstić information content (AvgIpc) is 2.81. The Morgan fingerprint density at radius 1 is 1.06 bits per heavy atom. The number of pyridine rings is 2. The van der Waals surface area contributed by atoms with E-state index in [4.69, 9.17) is 5.11 Å². The molecule has 8 nitrogen and oxygen atoms in total. The summed E-state index contributed by atoms with van der Waals surface area (Å²) in [6.45, 7) is 1.80. The van der Waals surface area contributed by atoms with E-state index in [9.17, 15) is 19.5 Å². The fraction of sp³-hybridized carbons (Fsp3) is 0.154. The van der Waals surface area contributed by atoms with E-state index in [0.29, 0.717) is 22.0 Å². The van der Waals surface area contributed by atoms with Crippen molar-refractivity contribution in [3.05, 3.63) is 94.5 Å². The number of hydrogen-bond acceptors (Lipinski definition) is 5. The van der Waals surface area contributed by atoms with Crippen LogP contribution < -0.4 is 10.9 Å². The highest BCUT2D eigenvalue weighted by molar-refractivity contribution is 6.01. The minimum Gasteiger partial charge on any atom is -0.505 e. The minimum atomic E-state index is -1.05. The largest absolute Gasteiger partial charge is 0.505 e. The summed E-state index contributed by atoms with van der Waals surface area (Å²) in [7, 11) is 0. The number of aromatic nitrogens is 2. The maximum absolute atomic E-state index is 13.5. The van der Waals surface area contributed by atoms with Gasteiger partial charge in [0.25, 0.3) is 11.5 Å². The molecule has 1 atom stereocenters. The summed E-state index contributed by atoms with van der Waals surface area (Å²) < 4.78 is 1.52. The van der Waals surface area contributed by atoms with Gasteiger partial charge in [-0.3, -0.25) is 14.4 Å². The summed E-state index contributed by atoms with van der Waals surface area (Å²) in [5.41, 5.74) is 1.82. The molecule has 0 saturated carbocycles. The SMILES string of the molecule is C[C@H](CC(=O)O)NC(=O)c1ncc2c(cc(-c3ccccc3)c(=O)n2Cc2ccccc2)c1O. The lowest BCUT2D eigenvalue weighted by Gasteiger charge is -2.16. The summed E-state index contributed by atoms with van der Waals surface area (Å²) in [6.07, 6.45) is 1.11. The fourth-order valence-corrected chi connectivity index (χ4v) is 3.84. The van der Waals surface area contributed by atoms with E-state index in [1.54, 1.807) is 25.1 Å². The molecule has 4 rings (SSSR count). The van der Waals surface area contributed by atoms with Crippen molar-refractivity contribution in [1.29, 1.82) is 0 Å². The van der Waals surface area contributed by atoms with Crippen LogP contribution in [-0.4, -0.2) is 37.7 Å². The van der Waals surface area contributed by atoms with E-state index in [0.717, 1.165) is 5.56 Å². The molecule has 34 heavy (non-hydrogen) atoms. The van der Waals surface area contributed by atoms with Crippen LogP contribution in [0.15, 0.2) is 77.7 Å². The van der Waals surface area contributed by atoms with Gasteiger partial charge in [-0.1, -0.05) is 60.7 Å². The minimum absolute atomic E-state index is 0.242. The lowest BCUT2D eigenvalue weighted by Crippen LogP contribution is -2.34. The van der Waals surface area contributed by atoms with Gasteiger partial charge in [0.2, 0.25) is 0 Å². The fourth-order valence-electron chi connectivity index (χ4n) is 3.84. The molecule has 0 aliphatic carbocycles. The summed E-state index contributed by atoms with van der Waals surface area (Å²) >= 11 is 0. The summed E-state index contributed by atoms with van der Waals surface area (Å²) in [6, 6.07) is 19.4. The van der Waals surface area contributed by atoms with Gasteiger partial charge in [0.05, 0.1) is 24.7 Å². The average molecular weight is 457 g/mol. The first kappa shape index (κ1) is 22.7. The summed E-state index contributed by atoms with van der Waals surface area (Å²) in [5.74, 6) is -2.13. The van der Waals surface area contributed by atoms with Crippen LogP contribution in [0.4, 0.5) is 0 Å². The van der Waals surface area contributed by atoms with Crippen molar-refractivity contribution in [1.82, 2.24) is 14.9 Å². The highest BCUT2D eigenvalue weighted by atomic mass is 16.4. The van der Waals surface area contributed by atoms with Crippen molar-refractivity contribution < 1.29 is 19.8 Å². The highest BCUT2D eigenvalue weighted by Crippen LogP contribution is 2.30. The Balaban J connectivity index is 1.87. The Kier molecular flexibility index (Phi) is 6.40. The number of amides is 1. The van der Waals surface area contributed by atoms with Gasteiger partial charge in [-0.15, -0.1) is 0 Å². The number of nitrogens with one attached hydrogen (secondary N) is 1. The Bertz CT molecular complexity index is 1420. The molecule has 0 aliphatic rings. The van der Waals surface area contributed by atoms with Crippen molar-refractivity contribution in [2.24, 2.45) is 0 Å². The van der Waals surface area contributed by atoms with Gasteiger partial charge in [-0.05, 0) is 24.1 Å². The number of aliphatic carboxylic acids is 1. The second-order valence-electron chi connectivity index (χ2n) is 8.03. The molecule has 172 valence electrons. The van der Waals surface area contributed by atoms with Crippen LogP contribution in [0.25, 0.3) is 22.0 Å². The molecule has 8 heteroatoms. The van der Waals surface area contributed by atoms with E-state index in [2.05, 4.69) is 10.3 Å². The van der Waals surface area contributed by atoms with Crippen molar-refractivity contribution in [2.75, 3.05) is 0 Å². The second kappa shape index (κ2) is 9.58. The van der Waals surface area contributed by atoms with Crippen molar-refractivity contribution in [3.8, 4) is 16.9 Å². The van der Waals surface area contributed by atoms with Gasteiger partial charge in [-0.25, -0.2) is 4.98 Å². The first-order chi connectivity index (χ1) is 16.3. The number of fused-ring (bicyclic) bond motifs is 1. The molecule has 3 N–H and O–H groups in total. The number of carbonyl (C=O) groups is 2. The number of hydrogen-bond donors (Lipinski definition) is 3. The molecule has 0 spiro atoms. The lowest BCUT2D eigenvalue weighted by molar-refractivity contribution is -0.137. The quantitative estimate of drug-likeness (QED) is 0.391. The normalized spacial score (nSPS) is 11.8. The van der Waals surface area contributed by atoms with Crippen molar-refractivity contribution in [3.63, 3.8) is 0 Å². The maximum atomic E-state index is 13.5. The molecule has 2 aromatic heterocycles. The zero-order chi connectivity index (χ0) is 24.2. The van der Waals surface area contributed by atoms with E-state index in [-0.39, 0.29) is 30.0 Å². The lowest BCUT2D eigenvalue weighted by atomic mass is 10.0. The van der Waals surface area contributed by atoms with Gasteiger partial charge in [0.15, 0.2) is 11.4 Å². The van der Waals surface area contributed by atoms with Crippen LogP contribution in [0.1, 0.15) is 29.4 Å². The van der Waals surface area contributed by atoms with E-state index < -0.39 is 17.9 Å². The van der Waals surface area contributed by atoms with Crippen LogP contribution >= 0.6 is 0 Å². The number of aromatic hydroxyl groups is 1. The van der Waals surface area contributed by atoms with E-state index >= 15 is 0 Å². The molecule has 1 amide bonds. The zero-order valence-electron chi connectivity index (χ0n) is 18.4. The topological polar surface area (TPSA) is 122 Å². The first-order valence-electron chi connectivity index (χ1n) is 10.7. The molecular formula is C26H23N3O5. The predicted molar refractivity (Wildman–Crippen MR) is 128 cm³/mol. The third-order valence-corrected chi connectivity index (χ3v) is 5.47. The van der Waals surface area contributed by atoms with Gasteiger partial charge in [0.1, 0.15) is 0 Å². The van der Waals surface area contributed by atoms with Gasteiger partial charge in [0, 0.05) is 17.0 Å². The molecular weight excluding hydrogens is 434 g/mol. The van der Waals surface area contributed by atoms with Crippen LogP contribution in [0.2, 0.25) is 0 Å². The number of carboxylic acid groups (broad SMARTS) is 1. The van der Waals surface area contributed by atoms with Crippen molar-refractivity contribution in [2.45, 2.75) is 25.9 Å². The molecule has 0 saturated heterocycles. The summed E-state index contributed by atoms with van der Waals surface area (Å²) in [5, 5.41) is 22.8. The molecule has 0 radical (unpaired) electrons. The molecule has 0 fully saturated rings. The Labute approximate surface area is 195 Å². The summed E-state index contributed by atoms with van der Waals surface area (Å²) in [4.78, 5) is 41.2. The molecule has 0 unspecified atom stereocenters. The molecule has 0 bridgehead atoms. The van der Waals surface area contributed by atoms with Crippen LogP contribution in [0, 0.1) is 0 Å². The van der Waals surface area contributed by atoms with E-state index in [1.807, 2.05) is 48.5 Å². The maximum Gasteiger partial charge on any atom is 0.305 e. The molecule has 2 heterocycles. The standard InChI is InChI=1S/C26H23N3O5/c1-16(12-22(30)31)28-25(33)23-24(32)20-13-19(18-10-6-3-7-11-18)26(34)29(21(20)14-27-23)15-17-8-4-2-5-9-17/h2-11,13-14,16,32H,12,15H2,1H3,(H,28,33)(H,30,31)/t16-/m1/s1. The molecule has 4 aromatic rings. The number of rotatable bonds is 7. The van der Waals surface area contributed by atoms with Crippen molar-refractivity contribution >= 4 is 22.8 Å². The monoisotopic (exact) mass is 457 g/mol. The number of nitrogens with zero attached hydrogens (tertiary/aromatic N) is 2. The van der Waals surface area contributed by atoms with E-state index in [1.165, 1.54) is 10.8 Å². The molecule has 2 aromatic carbocycles. The second-order valence-corrected chi connectivity index (χ2v) is 8.03. The van der Waals surface area contributed by atoms with Gasteiger partial charge in [-0.2, -0.15) is 0 Å². The molecule has 0 aliphatic heterocycles. The number of carboxylic acids is 1. The van der Waals surface area contributed by atoms with Gasteiger partial charge < -0.3 is 20.1 Å². The van der Waals surface area contributed by atoms with Crippen LogP contribution in [0.5, 0.6) is 5.75 Å². The number of benzene rings is 2.